The van der Waals surface area contributed by atoms with Crippen LogP contribution >= 0.6 is 0 Å². The number of aromatic carboxylic acids is 1. The molecular weight excluding hydrogens is 335 g/mol. The standard InChI is InChI=1S/C21H15FO4/c1-13-6-5-7-14(12-13)19(23)16-10-11-17(21(24)25)20(18(16)22)26-15-8-3-2-4-9-15/h2-12H,1H3,(H,24,25). The van der Waals surface area contributed by atoms with Crippen LogP contribution in [0.5, 0.6) is 11.5 Å². The highest BCUT2D eigenvalue weighted by molar-refractivity contribution is 6.10. The Morgan fingerprint density at radius 2 is 1.62 bits per heavy atom. The van der Waals surface area contributed by atoms with Gasteiger partial charge in [-0.05, 0) is 37.3 Å². The van der Waals surface area contributed by atoms with Crippen molar-refractivity contribution in [3.8, 4) is 11.5 Å². The molecule has 4 nitrogen and oxygen atoms in total. The van der Waals surface area contributed by atoms with Gasteiger partial charge < -0.3 is 9.84 Å². The molecule has 3 aromatic rings. The van der Waals surface area contributed by atoms with Crippen LogP contribution in [0.1, 0.15) is 31.8 Å². The van der Waals surface area contributed by atoms with E-state index in [2.05, 4.69) is 0 Å². The summed E-state index contributed by atoms with van der Waals surface area (Å²) in [6.07, 6.45) is 0. The number of halogens is 1. The molecule has 0 aromatic heterocycles. The average Bonchev–Trinajstić information content (AvgIpc) is 2.63. The molecule has 0 atom stereocenters. The van der Waals surface area contributed by atoms with Crippen LogP contribution in [0, 0.1) is 12.7 Å². The fraction of sp³-hybridized carbons (Fsp3) is 0.0476. The SMILES string of the molecule is Cc1cccc(C(=O)c2ccc(C(=O)O)c(Oc3ccccc3)c2F)c1. The first kappa shape index (κ1) is 17.4. The third-order valence-electron chi connectivity index (χ3n) is 3.82. The molecule has 0 unspecified atom stereocenters. The summed E-state index contributed by atoms with van der Waals surface area (Å²) in [7, 11) is 0. The predicted octanol–water partition coefficient (Wildman–Crippen LogP) is 4.86. The smallest absolute Gasteiger partial charge is 0.339 e. The number of carbonyl (C=O) groups excluding carboxylic acids is 1. The molecule has 0 aliphatic carbocycles. The first-order chi connectivity index (χ1) is 12.5. The average molecular weight is 350 g/mol. The Labute approximate surface area is 149 Å². The predicted molar refractivity (Wildman–Crippen MR) is 94.5 cm³/mol. The molecule has 0 saturated heterocycles. The number of hydrogen-bond acceptors (Lipinski definition) is 3. The van der Waals surface area contributed by atoms with Crippen LogP contribution in [0.15, 0.2) is 66.7 Å². The quantitative estimate of drug-likeness (QED) is 0.668. The maximum atomic E-state index is 15.0. The van der Waals surface area contributed by atoms with Crippen molar-refractivity contribution < 1.29 is 23.8 Å². The van der Waals surface area contributed by atoms with Crippen molar-refractivity contribution in [2.75, 3.05) is 0 Å². The highest BCUT2D eigenvalue weighted by atomic mass is 19.1. The lowest BCUT2D eigenvalue weighted by Crippen LogP contribution is -2.09. The number of hydrogen-bond donors (Lipinski definition) is 1. The van der Waals surface area contributed by atoms with Crippen molar-refractivity contribution in [1.82, 2.24) is 0 Å². The van der Waals surface area contributed by atoms with Crippen LogP contribution < -0.4 is 4.74 Å². The summed E-state index contributed by atoms with van der Waals surface area (Å²) < 4.78 is 20.5. The first-order valence-electron chi connectivity index (χ1n) is 7.87. The van der Waals surface area contributed by atoms with E-state index in [1.165, 1.54) is 12.1 Å². The number of para-hydroxylation sites is 1. The molecule has 3 rings (SSSR count). The van der Waals surface area contributed by atoms with Crippen LogP contribution in [-0.4, -0.2) is 16.9 Å². The number of ketones is 1. The molecule has 1 N–H and O–H groups in total. The zero-order valence-corrected chi connectivity index (χ0v) is 13.9. The molecule has 0 heterocycles. The lowest BCUT2D eigenvalue weighted by Gasteiger charge is -2.12. The molecule has 26 heavy (non-hydrogen) atoms. The van der Waals surface area contributed by atoms with E-state index in [0.717, 1.165) is 5.56 Å². The van der Waals surface area contributed by atoms with Gasteiger partial charge in [-0.3, -0.25) is 4.79 Å². The van der Waals surface area contributed by atoms with E-state index in [1.807, 2.05) is 13.0 Å². The Kier molecular flexibility index (Phi) is 4.80. The summed E-state index contributed by atoms with van der Waals surface area (Å²) in [5.41, 5.74) is 0.579. The lowest BCUT2D eigenvalue weighted by molar-refractivity contribution is 0.0692. The fourth-order valence-corrected chi connectivity index (χ4v) is 2.55. The second-order valence-electron chi connectivity index (χ2n) is 5.72. The molecule has 0 bridgehead atoms. The van der Waals surface area contributed by atoms with Gasteiger partial charge in [-0.1, -0.05) is 42.0 Å². The zero-order chi connectivity index (χ0) is 18.7. The number of aryl methyl sites for hydroxylation is 1. The van der Waals surface area contributed by atoms with Crippen LogP contribution in [0.25, 0.3) is 0 Å². The summed E-state index contributed by atoms with van der Waals surface area (Å²) in [6, 6.07) is 17.3. The van der Waals surface area contributed by atoms with Gasteiger partial charge in [0.15, 0.2) is 17.3 Å². The van der Waals surface area contributed by atoms with Crippen LogP contribution in [0.4, 0.5) is 4.39 Å². The number of carboxylic acid groups (broad SMARTS) is 1. The molecule has 0 aliphatic rings. The molecule has 130 valence electrons. The minimum atomic E-state index is -1.34. The van der Waals surface area contributed by atoms with Gasteiger partial charge >= 0.3 is 5.97 Å². The van der Waals surface area contributed by atoms with Crippen LogP contribution in [-0.2, 0) is 0 Å². The summed E-state index contributed by atoms with van der Waals surface area (Å²) in [5.74, 6) is -3.10. The Morgan fingerprint density at radius 3 is 2.27 bits per heavy atom. The molecule has 0 aliphatic heterocycles. The van der Waals surface area contributed by atoms with Gasteiger partial charge in [-0.15, -0.1) is 0 Å². The summed E-state index contributed by atoms with van der Waals surface area (Å²) in [5, 5.41) is 9.32. The molecule has 5 heteroatoms. The van der Waals surface area contributed by atoms with Gasteiger partial charge in [-0.25, -0.2) is 9.18 Å². The van der Waals surface area contributed by atoms with Crippen molar-refractivity contribution in [1.29, 1.82) is 0 Å². The van der Waals surface area contributed by atoms with Crippen molar-refractivity contribution in [2.45, 2.75) is 6.92 Å². The molecule has 0 fully saturated rings. The van der Waals surface area contributed by atoms with E-state index in [4.69, 9.17) is 4.74 Å². The lowest BCUT2D eigenvalue weighted by atomic mass is 9.99. The number of carboxylic acids is 1. The Hall–Kier alpha value is -3.47. The minimum Gasteiger partial charge on any atom is -0.478 e. The highest BCUT2D eigenvalue weighted by Crippen LogP contribution is 2.31. The monoisotopic (exact) mass is 350 g/mol. The van der Waals surface area contributed by atoms with E-state index in [9.17, 15) is 14.7 Å². The third-order valence-corrected chi connectivity index (χ3v) is 3.82. The number of benzene rings is 3. The second-order valence-corrected chi connectivity index (χ2v) is 5.72. The molecule has 0 amide bonds. The van der Waals surface area contributed by atoms with Crippen molar-refractivity contribution in [3.63, 3.8) is 0 Å². The van der Waals surface area contributed by atoms with E-state index in [1.54, 1.807) is 48.5 Å². The number of rotatable bonds is 5. The molecule has 3 aromatic carbocycles. The summed E-state index contributed by atoms with van der Waals surface area (Å²) in [6.45, 7) is 1.82. The normalized spacial score (nSPS) is 10.4. The summed E-state index contributed by atoms with van der Waals surface area (Å²) >= 11 is 0. The van der Waals surface area contributed by atoms with E-state index in [0.29, 0.717) is 5.56 Å². The summed E-state index contributed by atoms with van der Waals surface area (Å²) in [4.78, 5) is 24.1. The zero-order valence-electron chi connectivity index (χ0n) is 13.9. The van der Waals surface area contributed by atoms with Gasteiger partial charge in [0.1, 0.15) is 11.3 Å². The Balaban J connectivity index is 2.09. The first-order valence-corrected chi connectivity index (χ1v) is 7.87. The van der Waals surface area contributed by atoms with Crippen LogP contribution in [0.3, 0.4) is 0 Å². The third kappa shape index (κ3) is 3.47. The van der Waals surface area contributed by atoms with Crippen molar-refractivity contribution >= 4 is 11.8 Å². The second kappa shape index (κ2) is 7.19. The van der Waals surface area contributed by atoms with Crippen molar-refractivity contribution in [2.24, 2.45) is 0 Å². The minimum absolute atomic E-state index is 0.244. The fourth-order valence-electron chi connectivity index (χ4n) is 2.55. The van der Waals surface area contributed by atoms with E-state index >= 15 is 4.39 Å². The van der Waals surface area contributed by atoms with Gasteiger partial charge in [0.2, 0.25) is 0 Å². The van der Waals surface area contributed by atoms with Crippen LogP contribution in [0.2, 0.25) is 0 Å². The molecule has 0 saturated carbocycles. The van der Waals surface area contributed by atoms with E-state index in [-0.39, 0.29) is 16.9 Å². The topological polar surface area (TPSA) is 63.6 Å². The largest absolute Gasteiger partial charge is 0.478 e. The maximum absolute atomic E-state index is 15.0. The van der Waals surface area contributed by atoms with Gasteiger partial charge in [0.05, 0.1) is 5.56 Å². The van der Waals surface area contributed by atoms with Gasteiger partial charge in [-0.2, -0.15) is 0 Å². The van der Waals surface area contributed by atoms with Crippen molar-refractivity contribution in [3.05, 3.63) is 94.8 Å². The Bertz CT molecular complexity index is 981. The van der Waals surface area contributed by atoms with E-state index < -0.39 is 23.3 Å². The maximum Gasteiger partial charge on any atom is 0.339 e. The molecule has 0 radical (unpaired) electrons. The highest BCUT2D eigenvalue weighted by Gasteiger charge is 2.24. The molecular formula is C21H15FO4. The van der Waals surface area contributed by atoms with Gasteiger partial charge in [0, 0.05) is 5.56 Å². The number of carbonyl (C=O) groups is 2. The number of ether oxygens (including phenoxy) is 1. The Morgan fingerprint density at radius 1 is 0.923 bits per heavy atom. The van der Waals surface area contributed by atoms with Gasteiger partial charge in [0.25, 0.3) is 0 Å². The molecule has 0 spiro atoms.